The van der Waals surface area contributed by atoms with Gasteiger partial charge in [-0.15, -0.1) is 0 Å². The maximum atomic E-state index is 4.69. The minimum absolute atomic E-state index is 1.20. The van der Waals surface area contributed by atoms with Crippen molar-refractivity contribution in [2.75, 3.05) is 13.1 Å². The van der Waals surface area contributed by atoms with E-state index in [0.717, 1.165) is 0 Å². The molecule has 0 N–H and O–H groups in total. The van der Waals surface area contributed by atoms with Crippen LogP contribution in [0.1, 0.15) is 44.9 Å². The van der Waals surface area contributed by atoms with Crippen molar-refractivity contribution in [1.29, 1.82) is 0 Å². The van der Waals surface area contributed by atoms with Gasteiger partial charge in [0.05, 0.1) is 0 Å². The average Bonchev–Trinajstić information content (AvgIpc) is 2.59. The summed E-state index contributed by atoms with van der Waals surface area (Å²) in [6.07, 6.45) is 9.35. The highest BCUT2D eigenvalue weighted by atomic mass is 15.5. The van der Waals surface area contributed by atoms with Crippen molar-refractivity contribution in [3.63, 3.8) is 0 Å². The summed E-state index contributed by atoms with van der Waals surface area (Å²) in [4.78, 5) is 0. The van der Waals surface area contributed by atoms with Gasteiger partial charge in [-0.1, -0.05) is 0 Å². The van der Waals surface area contributed by atoms with Gasteiger partial charge in [-0.25, -0.2) is 0 Å². The van der Waals surface area contributed by atoms with Crippen LogP contribution in [0.25, 0.3) is 0 Å². The first-order chi connectivity index (χ1) is 5.95. The van der Waals surface area contributed by atoms with Gasteiger partial charge in [0, 0.05) is 18.8 Å². The van der Waals surface area contributed by atoms with E-state index in [4.69, 9.17) is 0 Å². The summed E-state index contributed by atoms with van der Waals surface area (Å²) in [6, 6.07) is 0. The predicted molar refractivity (Wildman–Crippen MR) is 51.3 cm³/mol. The second-order valence-electron chi connectivity index (χ2n) is 3.89. The fraction of sp³-hybridized carbons (Fsp3) is 0.900. The molecule has 2 rings (SSSR count). The Morgan fingerprint density at radius 3 is 2.17 bits per heavy atom. The molecular formula is C10H18N2. The van der Waals surface area contributed by atoms with E-state index in [0.29, 0.717) is 0 Å². The van der Waals surface area contributed by atoms with E-state index in [-0.39, 0.29) is 0 Å². The first-order valence-electron chi connectivity index (χ1n) is 5.26. The van der Waals surface area contributed by atoms with Crippen molar-refractivity contribution in [3.8, 4) is 0 Å². The highest BCUT2D eigenvalue weighted by Crippen LogP contribution is 2.17. The van der Waals surface area contributed by atoms with Gasteiger partial charge in [-0.3, -0.25) is 5.01 Å². The molecule has 1 saturated heterocycles. The van der Waals surface area contributed by atoms with Crippen LogP contribution in [-0.2, 0) is 0 Å². The minimum atomic E-state index is 1.20. The third-order valence-corrected chi connectivity index (χ3v) is 2.80. The lowest BCUT2D eigenvalue weighted by molar-refractivity contribution is 0.238. The molecular weight excluding hydrogens is 148 g/mol. The Morgan fingerprint density at radius 1 is 0.833 bits per heavy atom. The largest absolute Gasteiger partial charge is 0.297 e. The lowest BCUT2D eigenvalue weighted by Gasteiger charge is -2.24. The molecule has 0 aromatic carbocycles. The van der Waals surface area contributed by atoms with Crippen molar-refractivity contribution in [2.24, 2.45) is 5.10 Å². The van der Waals surface area contributed by atoms with Crippen molar-refractivity contribution < 1.29 is 0 Å². The fourth-order valence-electron chi connectivity index (χ4n) is 2.06. The molecule has 2 aliphatic rings. The van der Waals surface area contributed by atoms with Gasteiger partial charge in [0.25, 0.3) is 0 Å². The van der Waals surface area contributed by atoms with Crippen LogP contribution in [0.5, 0.6) is 0 Å². The Balaban J connectivity index is 1.86. The van der Waals surface area contributed by atoms with Crippen LogP contribution in [0.4, 0.5) is 0 Å². The van der Waals surface area contributed by atoms with E-state index in [2.05, 4.69) is 10.1 Å². The van der Waals surface area contributed by atoms with Crippen LogP contribution in [0, 0.1) is 0 Å². The zero-order valence-electron chi connectivity index (χ0n) is 7.76. The monoisotopic (exact) mass is 166 g/mol. The summed E-state index contributed by atoms with van der Waals surface area (Å²) in [7, 11) is 0. The van der Waals surface area contributed by atoms with E-state index < -0.39 is 0 Å². The topological polar surface area (TPSA) is 15.6 Å². The first-order valence-corrected chi connectivity index (χ1v) is 5.26. The van der Waals surface area contributed by atoms with Gasteiger partial charge < -0.3 is 0 Å². The number of hydrogen-bond acceptors (Lipinski definition) is 2. The predicted octanol–water partition coefficient (Wildman–Crippen LogP) is 2.40. The van der Waals surface area contributed by atoms with Crippen molar-refractivity contribution in [1.82, 2.24) is 5.01 Å². The number of piperidine rings is 1. The molecule has 12 heavy (non-hydrogen) atoms. The lowest BCUT2D eigenvalue weighted by atomic mass is 10.2. The van der Waals surface area contributed by atoms with Gasteiger partial charge in [0.15, 0.2) is 0 Å². The van der Waals surface area contributed by atoms with Crippen LogP contribution in [0.2, 0.25) is 0 Å². The van der Waals surface area contributed by atoms with Crippen LogP contribution >= 0.6 is 0 Å². The molecule has 0 unspecified atom stereocenters. The highest BCUT2D eigenvalue weighted by molar-refractivity contribution is 5.85. The van der Waals surface area contributed by atoms with E-state index in [9.17, 15) is 0 Å². The molecule has 0 spiro atoms. The molecule has 0 amide bonds. The van der Waals surface area contributed by atoms with Crippen LogP contribution in [-0.4, -0.2) is 23.8 Å². The van der Waals surface area contributed by atoms with Crippen molar-refractivity contribution in [3.05, 3.63) is 0 Å². The van der Waals surface area contributed by atoms with Gasteiger partial charge in [-0.05, 0) is 44.9 Å². The summed E-state index contributed by atoms with van der Waals surface area (Å²) in [5, 5.41) is 6.97. The molecule has 2 heteroatoms. The van der Waals surface area contributed by atoms with E-state index in [1.54, 1.807) is 0 Å². The Hall–Kier alpha value is -0.530. The third-order valence-electron chi connectivity index (χ3n) is 2.80. The fourth-order valence-corrected chi connectivity index (χ4v) is 2.06. The molecule has 0 aromatic rings. The molecule has 1 aliphatic carbocycles. The Morgan fingerprint density at radius 2 is 1.50 bits per heavy atom. The van der Waals surface area contributed by atoms with Gasteiger partial charge in [0.2, 0.25) is 0 Å². The van der Waals surface area contributed by atoms with Gasteiger partial charge in [-0.2, -0.15) is 5.10 Å². The molecule has 2 nitrogen and oxygen atoms in total. The zero-order valence-corrected chi connectivity index (χ0v) is 7.76. The molecule has 1 aliphatic heterocycles. The maximum Gasteiger partial charge on any atom is 0.0380 e. The molecule has 0 bridgehead atoms. The first kappa shape index (κ1) is 8.09. The second kappa shape index (κ2) is 3.92. The zero-order chi connectivity index (χ0) is 8.23. The summed E-state index contributed by atoms with van der Waals surface area (Å²) in [6.45, 7) is 2.40. The normalized spacial score (nSPS) is 24.7. The van der Waals surface area contributed by atoms with E-state index in [1.165, 1.54) is 63.7 Å². The summed E-state index contributed by atoms with van der Waals surface area (Å²) < 4.78 is 0. The van der Waals surface area contributed by atoms with Crippen molar-refractivity contribution in [2.45, 2.75) is 44.9 Å². The van der Waals surface area contributed by atoms with Gasteiger partial charge >= 0.3 is 0 Å². The molecule has 68 valence electrons. The number of nitrogens with zero attached hydrogens (tertiary/aromatic N) is 2. The highest BCUT2D eigenvalue weighted by Gasteiger charge is 2.12. The van der Waals surface area contributed by atoms with Crippen molar-refractivity contribution >= 4 is 5.71 Å². The Kier molecular flexibility index (Phi) is 2.64. The summed E-state index contributed by atoms with van der Waals surface area (Å²) >= 11 is 0. The standard InChI is InChI=1S/C10H18N2/c1-4-8-12(9-5-1)11-10-6-2-3-7-10/h1-9H2. The molecule has 0 atom stereocenters. The smallest absolute Gasteiger partial charge is 0.0380 e. The Bertz CT molecular complexity index is 161. The SMILES string of the molecule is C1CCN(N=C2CCCC2)CC1. The van der Waals surface area contributed by atoms with Crippen LogP contribution in [0.15, 0.2) is 5.10 Å². The summed E-state index contributed by atoms with van der Waals surface area (Å²) in [5.74, 6) is 0. The average molecular weight is 166 g/mol. The maximum absolute atomic E-state index is 4.69. The summed E-state index contributed by atoms with van der Waals surface area (Å²) in [5.41, 5.74) is 1.46. The minimum Gasteiger partial charge on any atom is -0.297 e. The molecule has 2 fully saturated rings. The number of hydrogen-bond donors (Lipinski definition) is 0. The number of rotatable bonds is 1. The number of hydrazone groups is 1. The quantitative estimate of drug-likeness (QED) is 0.584. The Labute approximate surface area is 74.6 Å². The van der Waals surface area contributed by atoms with Crippen LogP contribution < -0.4 is 0 Å². The van der Waals surface area contributed by atoms with Gasteiger partial charge in [0.1, 0.15) is 0 Å². The van der Waals surface area contributed by atoms with E-state index >= 15 is 0 Å². The molecule has 1 heterocycles. The van der Waals surface area contributed by atoms with E-state index in [1.807, 2.05) is 0 Å². The second-order valence-corrected chi connectivity index (χ2v) is 3.89. The molecule has 0 radical (unpaired) electrons. The third kappa shape index (κ3) is 1.99. The molecule has 0 aromatic heterocycles. The molecule has 1 saturated carbocycles. The van der Waals surface area contributed by atoms with Crippen LogP contribution in [0.3, 0.4) is 0 Å². The lowest BCUT2D eigenvalue weighted by Crippen LogP contribution is -2.25.